The van der Waals surface area contributed by atoms with Crippen molar-refractivity contribution in [3.63, 3.8) is 0 Å². The summed E-state index contributed by atoms with van der Waals surface area (Å²) in [6.45, 7) is 15.8. The lowest BCUT2D eigenvalue weighted by atomic mass is 9.98. The van der Waals surface area contributed by atoms with Gasteiger partial charge in [0, 0.05) is 36.1 Å². The van der Waals surface area contributed by atoms with E-state index in [-0.39, 0.29) is 35.5 Å². The molecule has 0 spiro atoms. The number of Topliss-reactive ketones (excluding diaryl/α,β-unsaturated/α-hetero) is 2. The van der Waals surface area contributed by atoms with E-state index in [4.69, 9.17) is 0 Å². The molecule has 0 saturated carbocycles. The number of hydrogen-bond donors (Lipinski definition) is 2. The topological polar surface area (TPSA) is 92.3 Å². The Morgan fingerprint density at radius 2 is 0.949 bits per heavy atom. The third kappa shape index (κ3) is 9.74. The van der Waals surface area contributed by atoms with Crippen molar-refractivity contribution in [3.05, 3.63) is 69.4 Å². The summed E-state index contributed by atoms with van der Waals surface area (Å²) >= 11 is 1.33. The molecule has 0 radical (unpaired) electrons. The molecule has 0 aliphatic heterocycles. The fourth-order valence-corrected chi connectivity index (χ4v) is 4.86. The molecule has 0 fully saturated rings. The molecule has 2 amide bonds. The van der Waals surface area contributed by atoms with Crippen LogP contribution in [0, 0.1) is 11.8 Å². The predicted octanol–water partition coefficient (Wildman–Crippen LogP) is 7.32. The Kier molecular flexibility index (Phi) is 12.0. The first-order chi connectivity index (χ1) is 18.3. The molecule has 2 aromatic carbocycles. The molecule has 0 atom stereocenters. The smallest absolute Gasteiger partial charge is 0.252 e. The van der Waals surface area contributed by atoms with Gasteiger partial charge in [-0.05, 0) is 74.6 Å². The van der Waals surface area contributed by atoms with Crippen LogP contribution in [0.4, 0.5) is 0 Å². The monoisotopic (exact) mass is 550 g/mol. The molecule has 7 heteroatoms. The van der Waals surface area contributed by atoms with Crippen molar-refractivity contribution in [1.82, 2.24) is 10.6 Å². The van der Waals surface area contributed by atoms with Crippen molar-refractivity contribution >= 4 is 45.5 Å². The zero-order valence-electron chi connectivity index (χ0n) is 24.4. The van der Waals surface area contributed by atoms with E-state index in [0.29, 0.717) is 45.6 Å². The standard InChI is InChI=1S/C18H22N2O2.C14H20O2S/c1-11(2)19-17(21)15-9-10-16(18(22)20-12(3)4)14-8-6-5-7-13(14)15;1-9(2)7-11(15)13-5-6-14(17-13)12(16)8-10(3)4/h5-12H,1-4H3,(H,19,21)(H,20,22);5-6,9-10H,7-8H2,1-4H3. The van der Waals surface area contributed by atoms with Crippen molar-refractivity contribution < 1.29 is 19.2 Å². The molecule has 39 heavy (non-hydrogen) atoms. The first kappa shape index (κ1) is 31.9. The van der Waals surface area contributed by atoms with Crippen LogP contribution in [0.5, 0.6) is 0 Å². The van der Waals surface area contributed by atoms with E-state index in [1.54, 1.807) is 24.3 Å². The highest BCUT2D eigenvalue weighted by Crippen LogP contribution is 2.24. The van der Waals surface area contributed by atoms with E-state index in [1.807, 2.05) is 79.7 Å². The van der Waals surface area contributed by atoms with Gasteiger partial charge >= 0.3 is 0 Å². The van der Waals surface area contributed by atoms with Crippen molar-refractivity contribution in [2.45, 2.75) is 80.3 Å². The van der Waals surface area contributed by atoms with Crippen molar-refractivity contribution in [2.24, 2.45) is 11.8 Å². The van der Waals surface area contributed by atoms with Gasteiger partial charge in [0.1, 0.15) is 0 Å². The highest BCUT2D eigenvalue weighted by atomic mass is 32.1. The number of benzene rings is 2. The maximum absolute atomic E-state index is 12.3. The third-order valence-corrected chi connectivity index (χ3v) is 6.76. The summed E-state index contributed by atoms with van der Waals surface area (Å²) in [5, 5.41) is 7.36. The molecule has 0 aliphatic carbocycles. The van der Waals surface area contributed by atoms with E-state index in [0.717, 1.165) is 10.8 Å². The highest BCUT2D eigenvalue weighted by Gasteiger charge is 2.17. The molecule has 0 aliphatic rings. The highest BCUT2D eigenvalue weighted by molar-refractivity contribution is 7.16. The van der Waals surface area contributed by atoms with Crippen LogP contribution >= 0.6 is 11.3 Å². The van der Waals surface area contributed by atoms with Gasteiger partial charge < -0.3 is 10.6 Å². The van der Waals surface area contributed by atoms with E-state index in [9.17, 15) is 19.2 Å². The Morgan fingerprint density at radius 1 is 0.590 bits per heavy atom. The molecule has 6 nitrogen and oxygen atoms in total. The van der Waals surface area contributed by atoms with Gasteiger partial charge in [0.15, 0.2) is 11.6 Å². The number of carbonyl (C=O) groups excluding carboxylic acids is 4. The van der Waals surface area contributed by atoms with Crippen molar-refractivity contribution in [2.75, 3.05) is 0 Å². The number of hydrogen-bond acceptors (Lipinski definition) is 5. The Bertz CT molecular complexity index is 1210. The van der Waals surface area contributed by atoms with Gasteiger partial charge in [0.05, 0.1) is 9.75 Å². The summed E-state index contributed by atoms with van der Waals surface area (Å²) in [5.74, 6) is 0.769. The normalized spacial score (nSPS) is 11.1. The molecule has 3 aromatic rings. The predicted molar refractivity (Wildman–Crippen MR) is 161 cm³/mol. The van der Waals surface area contributed by atoms with Crippen LogP contribution < -0.4 is 10.6 Å². The SMILES string of the molecule is CC(C)CC(=O)c1ccc(C(=O)CC(C)C)s1.CC(C)NC(=O)c1ccc(C(=O)NC(C)C)c2ccccc12. The van der Waals surface area contributed by atoms with E-state index >= 15 is 0 Å². The largest absolute Gasteiger partial charge is 0.350 e. The quantitative estimate of drug-likeness (QED) is 0.259. The summed E-state index contributed by atoms with van der Waals surface area (Å²) < 4.78 is 0. The Morgan fingerprint density at radius 3 is 1.26 bits per heavy atom. The van der Waals surface area contributed by atoms with E-state index in [2.05, 4.69) is 10.6 Å². The van der Waals surface area contributed by atoms with Crippen LogP contribution in [0.25, 0.3) is 10.8 Å². The summed E-state index contributed by atoms with van der Waals surface area (Å²) in [7, 11) is 0. The lowest BCUT2D eigenvalue weighted by Crippen LogP contribution is -2.31. The summed E-state index contributed by atoms with van der Waals surface area (Å²) in [4.78, 5) is 49.7. The average Bonchev–Trinajstić information content (AvgIpc) is 3.33. The van der Waals surface area contributed by atoms with Gasteiger partial charge in [0.2, 0.25) is 0 Å². The molecule has 0 bridgehead atoms. The molecule has 3 rings (SSSR count). The maximum Gasteiger partial charge on any atom is 0.252 e. The fourth-order valence-electron chi connectivity index (χ4n) is 3.96. The summed E-state index contributed by atoms with van der Waals surface area (Å²) in [6.07, 6.45) is 1.11. The van der Waals surface area contributed by atoms with Crippen LogP contribution in [-0.4, -0.2) is 35.5 Å². The lowest BCUT2D eigenvalue weighted by molar-refractivity contribution is 0.0933. The molecular weight excluding hydrogens is 508 g/mol. The molecule has 1 aromatic heterocycles. The fraction of sp³-hybridized carbons (Fsp3) is 0.438. The number of fused-ring (bicyclic) bond motifs is 1. The van der Waals surface area contributed by atoms with E-state index in [1.165, 1.54) is 11.3 Å². The Hall–Kier alpha value is -3.32. The molecule has 0 saturated heterocycles. The number of amides is 2. The zero-order chi connectivity index (χ0) is 29.3. The minimum Gasteiger partial charge on any atom is -0.350 e. The van der Waals surface area contributed by atoms with Crippen LogP contribution in [0.1, 0.15) is 108 Å². The number of ketones is 2. The number of carbonyl (C=O) groups is 4. The van der Waals surface area contributed by atoms with Crippen LogP contribution in [0.2, 0.25) is 0 Å². The first-order valence-electron chi connectivity index (χ1n) is 13.6. The van der Waals surface area contributed by atoms with Gasteiger partial charge in [-0.1, -0.05) is 52.0 Å². The van der Waals surface area contributed by atoms with Crippen LogP contribution in [0.15, 0.2) is 48.5 Å². The van der Waals surface area contributed by atoms with Crippen molar-refractivity contribution in [3.8, 4) is 0 Å². The summed E-state index contributed by atoms with van der Waals surface area (Å²) in [5.41, 5.74) is 1.18. The number of nitrogens with one attached hydrogen (secondary N) is 2. The molecule has 1 heterocycles. The average molecular weight is 551 g/mol. The number of thiophene rings is 1. The molecular formula is C32H42N2O4S. The lowest BCUT2D eigenvalue weighted by Gasteiger charge is -2.14. The third-order valence-electron chi connectivity index (χ3n) is 5.60. The van der Waals surface area contributed by atoms with Gasteiger partial charge in [0.25, 0.3) is 11.8 Å². The van der Waals surface area contributed by atoms with Gasteiger partial charge in [-0.2, -0.15) is 0 Å². The molecule has 0 unspecified atom stereocenters. The van der Waals surface area contributed by atoms with E-state index < -0.39 is 0 Å². The zero-order valence-corrected chi connectivity index (χ0v) is 25.2. The molecule has 2 N–H and O–H groups in total. The number of rotatable bonds is 10. The van der Waals surface area contributed by atoms with Crippen molar-refractivity contribution in [1.29, 1.82) is 0 Å². The minimum atomic E-state index is -0.123. The molecule has 210 valence electrons. The second-order valence-corrected chi connectivity index (χ2v) is 12.3. The van der Waals surface area contributed by atoms with Gasteiger partial charge in [-0.25, -0.2) is 0 Å². The second kappa shape index (κ2) is 14.7. The minimum absolute atomic E-state index is 0.0650. The van der Waals surface area contributed by atoms with Crippen LogP contribution in [-0.2, 0) is 0 Å². The first-order valence-corrected chi connectivity index (χ1v) is 14.4. The van der Waals surface area contributed by atoms with Crippen LogP contribution in [0.3, 0.4) is 0 Å². The summed E-state index contributed by atoms with van der Waals surface area (Å²) in [6, 6.07) is 14.6. The maximum atomic E-state index is 12.3. The van der Waals surface area contributed by atoms with Gasteiger partial charge in [-0.3, -0.25) is 19.2 Å². The Balaban J connectivity index is 0.000000283. The second-order valence-electron chi connectivity index (χ2n) is 11.2. The van der Waals surface area contributed by atoms with Gasteiger partial charge in [-0.15, -0.1) is 11.3 Å². The Labute approximate surface area is 236 Å².